The van der Waals surface area contributed by atoms with Crippen molar-refractivity contribution in [3.05, 3.63) is 23.8 Å². The van der Waals surface area contributed by atoms with Gasteiger partial charge in [0, 0.05) is 18.3 Å². The lowest BCUT2D eigenvalue weighted by molar-refractivity contribution is -0.117. The van der Waals surface area contributed by atoms with Crippen LogP contribution in [0.4, 0.5) is 14.5 Å². The summed E-state index contributed by atoms with van der Waals surface area (Å²) < 4.78 is 29.4. The Morgan fingerprint density at radius 1 is 1.55 bits per heavy atom. The third kappa shape index (κ3) is 5.08. The smallest absolute Gasteiger partial charge is 0.272 e. The molecule has 1 fully saturated rings. The van der Waals surface area contributed by atoms with Gasteiger partial charge in [0.2, 0.25) is 5.91 Å². The van der Waals surface area contributed by atoms with Gasteiger partial charge in [0.25, 0.3) is 6.43 Å². The molecule has 1 saturated heterocycles. The number of hydrogen-bond acceptors (Lipinski definition) is 4. The molecule has 8 heteroatoms. The average Bonchev–Trinajstić information content (AvgIpc) is 2.86. The molecule has 2 unspecified atom stereocenters. The summed E-state index contributed by atoms with van der Waals surface area (Å²) in [5.41, 5.74) is 1.18. The molecule has 0 radical (unpaired) electrons. The summed E-state index contributed by atoms with van der Waals surface area (Å²) in [5.74, 6) is 0.0442. The highest BCUT2D eigenvalue weighted by molar-refractivity contribution is 5.95. The van der Waals surface area contributed by atoms with E-state index in [0.717, 1.165) is 0 Å². The quantitative estimate of drug-likeness (QED) is 0.766. The number of anilines is 1. The van der Waals surface area contributed by atoms with Gasteiger partial charge in [-0.25, -0.2) is 8.78 Å². The van der Waals surface area contributed by atoms with Crippen LogP contribution in [-0.2, 0) is 4.79 Å². The SMILES string of the molecule is Cc1ccc(NC(=O)C2CC(O)CN2)cc1OCC(F)F.Cl. The van der Waals surface area contributed by atoms with Crippen molar-refractivity contribution < 1.29 is 23.4 Å². The van der Waals surface area contributed by atoms with Gasteiger partial charge >= 0.3 is 0 Å². The fourth-order valence-corrected chi connectivity index (χ4v) is 2.13. The summed E-state index contributed by atoms with van der Waals surface area (Å²) in [6, 6.07) is 4.43. The third-order valence-corrected chi connectivity index (χ3v) is 3.24. The van der Waals surface area contributed by atoms with Crippen LogP contribution in [0.2, 0.25) is 0 Å². The minimum absolute atomic E-state index is 0. The molecule has 3 N–H and O–H groups in total. The second kappa shape index (κ2) is 8.26. The van der Waals surface area contributed by atoms with Gasteiger partial charge in [0.1, 0.15) is 12.4 Å². The van der Waals surface area contributed by atoms with E-state index in [-0.39, 0.29) is 18.3 Å². The molecule has 1 aromatic carbocycles. The van der Waals surface area contributed by atoms with Crippen LogP contribution >= 0.6 is 12.4 Å². The van der Waals surface area contributed by atoms with Crippen LogP contribution in [-0.4, -0.2) is 42.7 Å². The number of aryl methyl sites for hydroxylation is 1. The van der Waals surface area contributed by atoms with Crippen molar-refractivity contribution >= 4 is 24.0 Å². The minimum Gasteiger partial charge on any atom is -0.487 e. The zero-order valence-electron chi connectivity index (χ0n) is 12.0. The number of ether oxygens (including phenoxy) is 1. The largest absolute Gasteiger partial charge is 0.487 e. The summed E-state index contributed by atoms with van der Waals surface area (Å²) >= 11 is 0. The number of aliphatic hydroxyl groups is 1. The van der Waals surface area contributed by atoms with E-state index in [4.69, 9.17) is 4.74 Å². The fraction of sp³-hybridized carbons (Fsp3) is 0.500. The lowest BCUT2D eigenvalue weighted by Crippen LogP contribution is -2.35. The number of carbonyl (C=O) groups excluding carboxylic acids is 1. The number of β-amino-alcohol motifs (C(OH)–C–C–N with tert-alkyl or cyclic N) is 1. The first-order valence-electron chi connectivity index (χ1n) is 6.69. The van der Waals surface area contributed by atoms with Crippen molar-refractivity contribution in [2.75, 3.05) is 18.5 Å². The zero-order valence-corrected chi connectivity index (χ0v) is 12.8. The highest BCUT2D eigenvalue weighted by atomic mass is 35.5. The maximum Gasteiger partial charge on any atom is 0.272 e. The van der Waals surface area contributed by atoms with E-state index < -0.39 is 25.2 Å². The number of rotatable bonds is 5. The number of aliphatic hydroxyl groups excluding tert-OH is 1. The van der Waals surface area contributed by atoms with Gasteiger partial charge in [-0.15, -0.1) is 12.4 Å². The number of halogens is 3. The highest BCUT2D eigenvalue weighted by Crippen LogP contribution is 2.23. The van der Waals surface area contributed by atoms with Crippen molar-refractivity contribution in [1.29, 1.82) is 0 Å². The van der Waals surface area contributed by atoms with Crippen molar-refractivity contribution in [1.82, 2.24) is 5.32 Å². The minimum atomic E-state index is -2.55. The predicted octanol–water partition coefficient (Wildman–Crippen LogP) is 1.72. The summed E-state index contributed by atoms with van der Waals surface area (Å²) in [6.07, 6.45) is -2.72. The van der Waals surface area contributed by atoms with Crippen LogP contribution in [0.1, 0.15) is 12.0 Å². The van der Waals surface area contributed by atoms with E-state index in [1.165, 1.54) is 6.07 Å². The van der Waals surface area contributed by atoms with Crippen LogP contribution in [0, 0.1) is 6.92 Å². The standard InChI is InChI=1S/C14H18F2N2O3.ClH/c1-8-2-3-9(4-12(8)21-7-13(15)16)18-14(20)11-5-10(19)6-17-11;/h2-4,10-11,13,17,19H,5-7H2,1H3,(H,18,20);1H. The molecule has 124 valence electrons. The second-order valence-electron chi connectivity index (χ2n) is 5.02. The first-order chi connectivity index (χ1) is 9.95. The molecule has 0 aromatic heterocycles. The zero-order chi connectivity index (χ0) is 15.4. The lowest BCUT2D eigenvalue weighted by Gasteiger charge is -2.14. The van der Waals surface area contributed by atoms with E-state index in [9.17, 15) is 18.7 Å². The van der Waals surface area contributed by atoms with E-state index in [1.807, 2.05) is 0 Å². The summed E-state index contributed by atoms with van der Waals surface area (Å²) in [7, 11) is 0. The number of amides is 1. The Morgan fingerprint density at radius 2 is 2.27 bits per heavy atom. The Kier molecular flexibility index (Phi) is 6.99. The number of benzene rings is 1. The van der Waals surface area contributed by atoms with Crippen molar-refractivity contribution in [3.63, 3.8) is 0 Å². The van der Waals surface area contributed by atoms with Crippen LogP contribution in [0.25, 0.3) is 0 Å². The Hall–Kier alpha value is -1.44. The molecule has 1 amide bonds. The lowest BCUT2D eigenvalue weighted by atomic mass is 10.1. The molecule has 0 bridgehead atoms. The van der Waals surface area contributed by atoms with Crippen LogP contribution in [0.15, 0.2) is 18.2 Å². The van der Waals surface area contributed by atoms with Crippen molar-refractivity contribution in [2.24, 2.45) is 0 Å². The molecule has 2 rings (SSSR count). The van der Waals surface area contributed by atoms with E-state index in [0.29, 0.717) is 30.0 Å². The third-order valence-electron chi connectivity index (χ3n) is 3.24. The van der Waals surface area contributed by atoms with Crippen LogP contribution in [0.3, 0.4) is 0 Å². The fourth-order valence-electron chi connectivity index (χ4n) is 2.13. The van der Waals surface area contributed by atoms with Gasteiger partial charge in [-0.05, 0) is 25.0 Å². The van der Waals surface area contributed by atoms with Crippen LogP contribution in [0.5, 0.6) is 5.75 Å². The maximum absolute atomic E-state index is 12.2. The molecule has 0 spiro atoms. The topological polar surface area (TPSA) is 70.6 Å². The Bertz CT molecular complexity index is 517. The highest BCUT2D eigenvalue weighted by Gasteiger charge is 2.28. The Balaban J connectivity index is 0.00000242. The number of hydrogen-bond donors (Lipinski definition) is 3. The molecule has 5 nitrogen and oxygen atoms in total. The molecule has 22 heavy (non-hydrogen) atoms. The van der Waals surface area contributed by atoms with Gasteiger partial charge in [0.15, 0.2) is 0 Å². The van der Waals surface area contributed by atoms with Gasteiger partial charge in [-0.2, -0.15) is 0 Å². The first kappa shape index (κ1) is 18.6. The van der Waals surface area contributed by atoms with Crippen molar-refractivity contribution in [2.45, 2.75) is 31.9 Å². The number of carbonyl (C=O) groups is 1. The summed E-state index contributed by atoms with van der Waals surface area (Å²) in [5, 5.41) is 15.0. The van der Waals surface area contributed by atoms with Gasteiger partial charge < -0.3 is 20.5 Å². The second-order valence-corrected chi connectivity index (χ2v) is 5.02. The molecular weight excluding hydrogens is 318 g/mol. The molecule has 1 aromatic rings. The molecule has 0 saturated carbocycles. The number of nitrogens with one attached hydrogen (secondary N) is 2. The summed E-state index contributed by atoms with van der Waals surface area (Å²) in [6.45, 7) is 1.44. The maximum atomic E-state index is 12.2. The van der Waals surface area contributed by atoms with Crippen LogP contribution < -0.4 is 15.4 Å². The van der Waals surface area contributed by atoms with Gasteiger partial charge in [-0.1, -0.05) is 6.07 Å². The molecule has 1 aliphatic heterocycles. The molecule has 1 heterocycles. The monoisotopic (exact) mass is 336 g/mol. The Labute approximate surface area is 133 Å². The van der Waals surface area contributed by atoms with E-state index in [2.05, 4.69) is 10.6 Å². The number of alkyl halides is 2. The van der Waals surface area contributed by atoms with Crippen molar-refractivity contribution in [3.8, 4) is 5.75 Å². The Morgan fingerprint density at radius 3 is 2.86 bits per heavy atom. The molecular formula is C14H19ClF2N2O3. The van der Waals surface area contributed by atoms with E-state index >= 15 is 0 Å². The summed E-state index contributed by atoms with van der Waals surface area (Å²) in [4.78, 5) is 12.0. The average molecular weight is 337 g/mol. The predicted molar refractivity (Wildman–Crippen MR) is 81.0 cm³/mol. The normalized spacial score (nSPS) is 20.6. The van der Waals surface area contributed by atoms with Gasteiger partial charge in [-0.3, -0.25) is 4.79 Å². The van der Waals surface area contributed by atoms with Gasteiger partial charge in [0.05, 0.1) is 12.1 Å². The van der Waals surface area contributed by atoms with E-state index in [1.54, 1.807) is 19.1 Å². The first-order valence-corrected chi connectivity index (χ1v) is 6.69. The molecule has 2 atom stereocenters. The molecule has 1 aliphatic rings. The molecule has 0 aliphatic carbocycles.